The van der Waals surface area contributed by atoms with E-state index in [0.717, 1.165) is 12.0 Å². The van der Waals surface area contributed by atoms with Crippen LogP contribution in [0.3, 0.4) is 0 Å². The van der Waals surface area contributed by atoms with Crippen LogP contribution in [-0.4, -0.2) is 37.1 Å². The largest absolute Gasteiger partial charge is 0.314 e. The van der Waals surface area contributed by atoms with E-state index in [2.05, 4.69) is 31.0 Å². The van der Waals surface area contributed by atoms with Crippen molar-refractivity contribution in [3.8, 4) is 0 Å². The molecule has 1 aliphatic heterocycles. The lowest BCUT2D eigenvalue weighted by atomic mass is 9.98. The fraction of sp³-hybridized carbons (Fsp3) is 1.00. The smallest absolute Gasteiger partial charge is 0.0244 e. The molecular weight excluding hydrogens is 172 g/mol. The summed E-state index contributed by atoms with van der Waals surface area (Å²) in [5.41, 5.74) is 0.671. The summed E-state index contributed by atoms with van der Waals surface area (Å²) >= 11 is 0. The first kappa shape index (κ1) is 10.4. The molecule has 1 aliphatic carbocycles. The highest BCUT2D eigenvalue weighted by atomic mass is 15.2. The summed E-state index contributed by atoms with van der Waals surface area (Å²) < 4.78 is 0. The highest BCUT2D eigenvalue weighted by Crippen LogP contribution is 2.46. The molecule has 1 N–H and O–H groups in total. The number of piperazine rings is 1. The average molecular weight is 196 g/mol. The van der Waals surface area contributed by atoms with Crippen molar-refractivity contribution < 1.29 is 0 Å². The maximum Gasteiger partial charge on any atom is 0.0244 e. The van der Waals surface area contributed by atoms with Gasteiger partial charge in [-0.05, 0) is 24.2 Å². The van der Waals surface area contributed by atoms with Crippen LogP contribution in [-0.2, 0) is 0 Å². The van der Waals surface area contributed by atoms with Crippen LogP contribution in [0.15, 0.2) is 0 Å². The Balaban J connectivity index is 1.92. The number of hydrogen-bond acceptors (Lipinski definition) is 2. The Morgan fingerprint density at radius 2 is 2.14 bits per heavy atom. The van der Waals surface area contributed by atoms with Crippen LogP contribution in [0.25, 0.3) is 0 Å². The van der Waals surface area contributed by atoms with E-state index in [1.165, 1.54) is 39.0 Å². The normalized spacial score (nSPS) is 32.1. The van der Waals surface area contributed by atoms with Gasteiger partial charge in [-0.3, -0.25) is 4.90 Å². The van der Waals surface area contributed by atoms with E-state index in [0.29, 0.717) is 5.41 Å². The second kappa shape index (κ2) is 3.82. The molecule has 0 spiro atoms. The van der Waals surface area contributed by atoms with Crippen LogP contribution >= 0.6 is 0 Å². The molecule has 1 heterocycles. The third-order valence-corrected chi connectivity index (χ3v) is 3.86. The van der Waals surface area contributed by atoms with Crippen LogP contribution in [0.2, 0.25) is 0 Å². The molecule has 0 aromatic rings. The van der Waals surface area contributed by atoms with Crippen molar-refractivity contribution in [2.45, 2.75) is 39.7 Å². The van der Waals surface area contributed by atoms with Crippen LogP contribution in [0.1, 0.15) is 33.6 Å². The maximum atomic E-state index is 3.51. The SMILES string of the molecule is CC(C)C1CNCCN1CC1(C)CC1. The number of nitrogens with one attached hydrogen (secondary N) is 1. The average Bonchev–Trinajstić information content (AvgIpc) is 2.84. The lowest BCUT2D eigenvalue weighted by Crippen LogP contribution is -2.54. The molecule has 2 fully saturated rings. The van der Waals surface area contributed by atoms with Crippen LogP contribution in [0, 0.1) is 11.3 Å². The van der Waals surface area contributed by atoms with Gasteiger partial charge in [-0.15, -0.1) is 0 Å². The molecule has 1 saturated carbocycles. The second-order valence-electron chi connectivity index (χ2n) is 5.80. The minimum Gasteiger partial charge on any atom is -0.314 e. The summed E-state index contributed by atoms with van der Waals surface area (Å²) in [6, 6.07) is 0.765. The highest BCUT2D eigenvalue weighted by Gasteiger charge is 2.40. The van der Waals surface area contributed by atoms with Gasteiger partial charge < -0.3 is 5.32 Å². The quantitative estimate of drug-likeness (QED) is 0.739. The van der Waals surface area contributed by atoms with Gasteiger partial charge in [0, 0.05) is 32.2 Å². The first-order valence-electron chi connectivity index (χ1n) is 6.05. The molecule has 14 heavy (non-hydrogen) atoms. The third-order valence-electron chi connectivity index (χ3n) is 3.86. The summed E-state index contributed by atoms with van der Waals surface area (Å²) in [6.07, 6.45) is 2.89. The van der Waals surface area contributed by atoms with Gasteiger partial charge in [0.15, 0.2) is 0 Å². The number of nitrogens with zero attached hydrogens (tertiary/aromatic N) is 1. The molecule has 1 atom stereocenters. The van der Waals surface area contributed by atoms with E-state index in [-0.39, 0.29) is 0 Å². The minimum atomic E-state index is 0.671. The van der Waals surface area contributed by atoms with Crippen molar-refractivity contribution in [3.63, 3.8) is 0 Å². The van der Waals surface area contributed by atoms with Gasteiger partial charge in [0.1, 0.15) is 0 Å². The Morgan fingerprint density at radius 1 is 1.43 bits per heavy atom. The molecule has 82 valence electrons. The Kier molecular flexibility index (Phi) is 2.85. The van der Waals surface area contributed by atoms with Crippen molar-refractivity contribution >= 4 is 0 Å². The van der Waals surface area contributed by atoms with E-state index >= 15 is 0 Å². The molecule has 1 unspecified atom stereocenters. The van der Waals surface area contributed by atoms with Crippen LogP contribution in [0.5, 0.6) is 0 Å². The molecule has 2 aliphatic rings. The Hall–Kier alpha value is -0.0800. The second-order valence-corrected chi connectivity index (χ2v) is 5.80. The monoisotopic (exact) mass is 196 g/mol. The van der Waals surface area contributed by atoms with E-state index in [1.807, 2.05) is 0 Å². The van der Waals surface area contributed by atoms with Gasteiger partial charge >= 0.3 is 0 Å². The molecule has 0 bridgehead atoms. The van der Waals surface area contributed by atoms with Gasteiger partial charge in [0.25, 0.3) is 0 Å². The van der Waals surface area contributed by atoms with Gasteiger partial charge in [-0.1, -0.05) is 20.8 Å². The molecule has 2 nitrogen and oxygen atoms in total. The summed E-state index contributed by atoms with van der Waals surface area (Å²) in [5.74, 6) is 0.783. The van der Waals surface area contributed by atoms with E-state index in [4.69, 9.17) is 0 Å². The Bertz CT molecular complexity index is 196. The van der Waals surface area contributed by atoms with Crippen molar-refractivity contribution in [2.75, 3.05) is 26.2 Å². The zero-order chi connectivity index (χ0) is 10.2. The Labute approximate surface area is 88.1 Å². The zero-order valence-electron chi connectivity index (χ0n) is 9.84. The van der Waals surface area contributed by atoms with E-state index < -0.39 is 0 Å². The third kappa shape index (κ3) is 2.29. The van der Waals surface area contributed by atoms with Crippen molar-refractivity contribution in [2.24, 2.45) is 11.3 Å². The summed E-state index contributed by atoms with van der Waals surface area (Å²) in [4.78, 5) is 2.72. The summed E-state index contributed by atoms with van der Waals surface area (Å²) in [6.45, 7) is 12.1. The molecule has 1 saturated heterocycles. The molecule has 2 rings (SSSR count). The lowest BCUT2D eigenvalue weighted by Gasteiger charge is -2.40. The van der Waals surface area contributed by atoms with Crippen molar-refractivity contribution in [1.29, 1.82) is 0 Å². The van der Waals surface area contributed by atoms with Crippen molar-refractivity contribution in [3.05, 3.63) is 0 Å². The molecule has 0 aromatic carbocycles. The lowest BCUT2D eigenvalue weighted by molar-refractivity contribution is 0.103. The standard InChI is InChI=1S/C12H24N2/c1-10(2)11-8-13-6-7-14(11)9-12(3)4-5-12/h10-11,13H,4-9H2,1-3H3. The van der Waals surface area contributed by atoms with Gasteiger partial charge in [0.2, 0.25) is 0 Å². The van der Waals surface area contributed by atoms with Crippen molar-refractivity contribution in [1.82, 2.24) is 10.2 Å². The predicted molar refractivity (Wildman–Crippen MR) is 60.4 cm³/mol. The van der Waals surface area contributed by atoms with E-state index in [9.17, 15) is 0 Å². The molecular formula is C12H24N2. The van der Waals surface area contributed by atoms with Crippen LogP contribution in [0.4, 0.5) is 0 Å². The van der Waals surface area contributed by atoms with Gasteiger partial charge in [-0.25, -0.2) is 0 Å². The zero-order valence-corrected chi connectivity index (χ0v) is 9.84. The minimum absolute atomic E-state index is 0.671. The molecule has 0 amide bonds. The van der Waals surface area contributed by atoms with Gasteiger partial charge in [0.05, 0.1) is 0 Å². The fourth-order valence-electron chi connectivity index (χ4n) is 2.48. The fourth-order valence-corrected chi connectivity index (χ4v) is 2.48. The van der Waals surface area contributed by atoms with Gasteiger partial charge in [-0.2, -0.15) is 0 Å². The summed E-state index contributed by atoms with van der Waals surface area (Å²) in [5, 5.41) is 3.51. The van der Waals surface area contributed by atoms with E-state index in [1.54, 1.807) is 0 Å². The number of hydrogen-bond donors (Lipinski definition) is 1. The Morgan fingerprint density at radius 3 is 2.71 bits per heavy atom. The molecule has 0 aromatic heterocycles. The highest BCUT2D eigenvalue weighted by molar-refractivity contribution is 4.94. The maximum absolute atomic E-state index is 3.51. The first-order chi connectivity index (χ1) is 6.61. The number of rotatable bonds is 3. The summed E-state index contributed by atoms with van der Waals surface area (Å²) in [7, 11) is 0. The molecule has 2 heteroatoms. The van der Waals surface area contributed by atoms with Crippen LogP contribution < -0.4 is 5.32 Å². The topological polar surface area (TPSA) is 15.3 Å². The first-order valence-corrected chi connectivity index (χ1v) is 6.05. The predicted octanol–water partition coefficient (Wildman–Crippen LogP) is 1.72. The molecule has 0 radical (unpaired) electrons.